The predicted molar refractivity (Wildman–Crippen MR) is 64.6 cm³/mol. The van der Waals surface area contributed by atoms with Crippen molar-refractivity contribution in [2.45, 2.75) is 0 Å². The van der Waals surface area contributed by atoms with Gasteiger partial charge in [-0.1, -0.05) is 0 Å². The van der Waals surface area contributed by atoms with Crippen LogP contribution < -0.4 is 22.9 Å². The molecule has 0 fully saturated rings. The summed E-state index contributed by atoms with van der Waals surface area (Å²) in [5, 5.41) is 31.0. The first kappa shape index (κ1) is 30.4. The number of hydrogen-bond donors (Lipinski definition) is 8. The van der Waals surface area contributed by atoms with Crippen LogP contribution in [0.2, 0.25) is 0 Å². The Morgan fingerprint density at radius 1 is 0.471 bits per heavy atom. The zero-order valence-electron chi connectivity index (χ0n) is 10.1. The Kier molecular flexibility index (Phi) is 98.8. The molecule has 0 rings (SSSR count). The van der Waals surface area contributed by atoms with Crippen molar-refractivity contribution in [3.05, 3.63) is 0 Å². The van der Waals surface area contributed by atoms with Crippen LogP contribution in [0.1, 0.15) is 0 Å². The number of nitrogens with two attached hydrogens (primary N) is 4. The number of rotatable bonds is 4. The zero-order chi connectivity index (χ0) is 13.7. The average Bonchev–Trinajstić information content (AvgIpc) is 2.39. The van der Waals surface area contributed by atoms with Crippen molar-refractivity contribution in [2.75, 3.05) is 52.6 Å². The van der Waals surface area contributed by atoms with E-state index in [0.29, 0.717) is 26.2 Å². The van der Waals surface area contributed by atoms with E-state index in [2.05, 4.69) is 0 Å². The Labute approximate surface area is 117 Å². The minimum atomic E-state index is 0. The molecule has 0 aromatic rings. The third kappa shape index (κ3) is 177. The zero-order valence-corrected chi connectivity index (χ0v) is 12.3. The normalized spacial score (nSPS) is 7.06. The number of aliphatic hydroxyl groups excluding tert-OH is 4. The summed E-state index contributed by atoms with van der Waals surface area (Å²) in [7, 11) is 0. The van der Waals surface area contributed by atoms with Gasteiger partial charge >= 0.3 is 0 Å². The maximum atomic E-state index is 7.75. The molecular formula is C8H28N4O4Pt. The molecule has 12 N–H and O–H groups in total. The summed E-state index contributed by atoms with van der Waals surface area (Å²) in [6.07, 6.45) is 0. The van der Waals surface area contributed by atoms with Crippen LogP contribution in [0.4, 0.5) is 0 Å². The van der Waals surface area contributed by atoms with Gasteiger partial charge < -0.3 is 43.4 Å². The van der Waals surface area contributed by atoms with Crippen molar-refractivity contribution in [3.63, 3.8) is 0 Å². The molecular weight excluding hydrogens is 411 g/mol. The molecule has 0 aliphatic heterocycles. The van der Waals surface area contributed by atoms with Crippen LogP contribution in [-0.2, 0) is 21.1 Å². The Balaban J connectivity index is -0.0000000369. The Morgan fingerprint density at radius 2 is 0.529 bits per heavy atom. The summed E-state index contributed by atoms with van der Waals surface area (Å²) in [4.78, 5) is 0. The fourth-order valence-corrected chi connectivity index (χ4v) is 0. The summed E-state index contributed by atoms with van der Waals surface area (Å²) in [5.41, 5.74) is 19.1. The van der Waals surface area contributed by atoms with Gasteiger partial charge in [-0.25, -0.2) is 0 Å². The monoisotopic (exact) mass is 439 g/mol. The molecule has 8 nitrogen and oxygen atoms in total. The molecule has 114 valence electrons. The average molecular weight is 439 g/mol. The fourth-order valence-electron chi connectivity index (χ4n) is 0. The Bertz CT molecular complexity index is 53.5. The van der Waals surface area contributed by atoms with Crippen molar-refractivity contribution in [1.82, 2.24) is 0 Å². The van der Waals surface area contributed by atoms with E-state index in [0.717, 1.165) is 0 Å². The van der Waals surface area contributed by atoms with Gasteiger partial charge in [-0.3, -0.25) is 0 Å². The topological polar surface area (TPSA) is 185 Å². The van der Waals surface area contributed by atoms with Gasteiger partial charge in [0.2, 0.25) is 0 Å². The fraction of sp³-hybridized carbons (Fsp3) is 1.00. The summed E-state index contributed by atoms with van der Waals surface area (Å²) in [6, 6.07) is 0. The van der Waals surface area contributed by atoms with Gasteiger partial charge in [-0.05, 0) is 0 Å². The molecule has 0 unspecified atom stereocenters. The molecule has 0 heterocycles. The summed E-state index contributed by atoms with van der Waals surface area (Å²) >= 11 is 0. The first-order valence-corrected chi connectivity index (χ1v) is 4.90. The van der Waals surface area contributed by atoms with Crippen molar-refractivity contribution in [1.29, 1.82) is 0 Å². The van der Waals surface area contributed by atoms with E-state index in [4.69, 9.17) is 43.4 Å². The molecule has 0 aliphatic rings. The second kappa shape index (κ2) is 55.2. The first-order chi connectivity index (χ1) is 7.66. The van der Waals surface area contributed by atoms with E-state index >= 15 is 0 Å². The van der Waals surface area contributed by atoms with Gasteiger partial charge in [0.05, 0.1) is 26.4 Å². The predicted octanol–water partition coefficient (Wildman–Crippen LogP) is -4.25. The van der Waals surface area contributed by atoms with Crippen LogP contribution in [0.5, 0.6) is 0 Å². The molecule has 0 aromatic heterocycles. The van der Waals surface area contributed by atoms with Gasteiger partial charge in [0.1, 0.15) is 0 Å². The van der Waals surface area contributed by atoms with Crippen LogP contribution in [0.15, 0.2) is 0 Å². The smallest absolute Gasteiger partial charge is 0.0553 e. The molecule has 0 spiro atoms. The third-order valence-corrected chi connectivity index (χ3v) is 0.516. The van der Waals surface area contributed by atoms with Gasteiger partial charge in [-0.15, -0.1) is 0 Å². The molecule has 9 heteroatoms. The SMILES string of the molecule is NCCO.NCCO.NCCO.NCCO.[Pt]. The van der Waals surface area contributed by atoms with Crippen LogP contribution in [-0.4, -0.2) is 73.0 Å². The van der Waals surface area contributed by atoms with Crippen LogP contribution in [0.25, 0.3) is 0 Å². The Hall–Kier alpha value is 0.368. The quantitative estimate of drug-likeness (QED) is 0.216. The molecule has 0 amide bonds. The molecule has 0 aliphatic carbocycles. The maximum absolute atomic E-state index is 7.75. The molecule has 0 saturated carbocycles. The molecule has 17 heavy (non-hydrogen) atoms. The van der Waals surface area contributed by atoms with E-state index in [9.17, 15) is 0 Å². The van der Waals surface area contributed by atoms with E-state index < -0.39 is 0 Å². The largest absolute Gasteiger partial charge is 0.395 e. The van der Waals surface area contributed by atoms with Crippen LogP contribution >= 0.6 is 0 Å². The molecule has 0 saturated heterocycles. The van der Waals surface area contributed by atoms with Crippen molar-refractivity contribution in [2.24, 2.45) is 22.9 Å². The van der Waals surface area contributed by atoms with Gasteiger partial charge in [0, 0.05) is 47.2 Å². The molecule has 0 bridgehead atoms. The second-order valence-electron chi connectivity index (χ2n) is 2.05. The Morgan fingerprint density at radius 3 is 0.529 bits per heavy atom. The van der Waals surface area contributed by atoms with Crippen LogP contribution in [0, 0.1) is 0 Å². The standard InChI is InChI=1S/4C2H7NO.Pt/c4*3-1-2-4;/h4*4H,1-3H2;. The maximum Gasteiger partial charge on any atom is 0.0553 e. The summed E-state index contributed by atoms with van der Waals surface area (Å²) < 4.78 is 0. The second-order valence-corrected chi connectivity index (χ2v) is 2.05. The number of hydrogen-bond acceptors (Lipinski definition) is 8. The minimum Gasteiger partial charge on any atom is -0.395 e. The van der Waals surface area contributed by atoms with Gasteiger partial charge in [-0.2, -0.15) is 0 Å². The van der Waals surface area contributed by atoms with Crippen molar-refractivity contribution < 1.29 is 41.5 Å². The van der Waals surface area contributed by atoms with Gasteiger partial charge in [0.25, 0.3) is 0 Å². The van der Waals surface area contributed by atoms with Crippen LogP contribution in [0.3, 0.4) is 0 Å². The minimum absolute atomic E-state index is 0. The van der Waals surface area contributed by atoms with E-state index in [1.54, 1.807) is 0 Å². The summed E-state index contributed by atoms with van der Waals surface area (Å²) in [6.45, 7) is 1.89. The van der Waals surface area contributed by atoms with Crippen molar-refractivity contribution >= 4 is 0 Å². The first-order valence-electron chi connectivity index (χ1n) is 4.90. The molecule has 0 aromatic carbocycles. The van der Waals surface area contributed by atoms with Crippen molar-refractivity contribution in [3.8, 4) is 0 Å². The van der Waals surface area contributed by atoms with E-state index in [1.807, 2.05) is 0 Å². The van der Waals surface area contributed by atoms with Gasteiger partial charge in [0.15, 0.2) is 0 Å². The summed E-state index contributed by atoms with van der Waals surface area (Å²) in [5.74, 6) is 0. The molecule has 0 radical (unpaired) electrons. The number of aliphatic hydroxyl groups is 4. The van der Waals surface area contributed by atoms with E-state index in [-0.39, 0.29) is 47.5 Å². The third-order valence-electron chi connectivity index (χ3n) is 0.516. The van der Waals surface area contributed by atoms with E-state index in [1.165, 1.54) is 0 Å². The molecule has 0 atom stereocenters.